The maximum atomic E-state index is 12.1. The molecule has 2 atom stereocenters. The standard InChI is InChI=1S/C13H17ClN2O3S/c1-8-3-2-4-10(8)13(17)16-12-6-5-9(7-11(12)14)20(15,18)19/h5-8,10H,2-4H2,1H3,(H,16,17)(H2,15,18,19). The number of primary sulfonamides is 1. The summed E-state index contributed by atoms with van der Waals surface area (Å²) >= 11 is 5.99. The fourth-order valence-corrected chi connectivity index (χ4v) is 3.37. The largest absolute Gasteiger partial charge is 0.325 e. The van der Waals surface area contributed by atoms with Crippen LogP contribution in [0.25, 0.3) is 0 Å². The fourth-order valence-electron chi connectivity index (χ4n) is 2.53. The molecule has 1 aliphatic rings. The van der Waals surface area contributed by atoms with Crippen molar-refractivity contribution in [3.63, 3.8) is 0 Å². The maximum absolute atomic E-state index is 12.1. The highest BCUT2D eigenvalue weighted by Gasteiger charge is 2.29. The predicted molar refractivity (Wildman–Crippen MR) is 78.0 cm³/mol. The molecule has 5 nitrogen and oxygen atoms in total. The Morgan fingerprint density at radius 3 is 2.60 bits per heavy atom. The van der Waals surface area contributed by atoms with E-state index in [4.69, 9.17) is 16.7 Å². The second kappa shape index (κ2) is 5.71. The molecule has 2 unspecified atom stereocenters. The van der Waals surface area contributed by atoms with Gasteiger partial charge in [-0.3, -0.25) is 4.79 Å². The number of benzene rings is 1. The van der Waals surface area contributed by atoms with Gasteiger partial charge in [0.15, 0.2) is 0 Å². The van der Waals surface area contributed by atoms with Crippen LogP contribution in [0.4, 0.5) is 5.69 Å². The Balaban J connectivity index is 2.16. The van der Waals surface area contributed by atoms with E-state index in [-0.39, 0.29) is 21.7 Å². The van der Waals surface area contributed by atoms with E-state index in [1.165, 1.54) is 18.2 Å². The van der Waals surface area contributed by atoms with Crippen LogP contribution in [-0.4, -0.2) is 14.3 Å². The second-order valence-corrected chi connectivity index (χ2v) is 7.16. The van der Waals surface area contributed by atoms with Crippen molar-refractivity contribution in [2.45, 2.75) is 31.1 Å². The van der Waals surface area contributed by atoms with Crippen LogP contribution in [0.3, 0.4) is 0 Å². The van der Waals surface area contributed by atoms with Crippen LogP contribution in [0.5, 0.6) is 0 Å². The second-order valence-electron chi connectivity index (χ2n) is 5.19. The molecule has 1 fully saturated rings. The van der Waals surface area contributed by atoms with Crippen molar-refractivity contribution in [3.05, 3.63) is 23.2 Å². The summed E-state index contributed by atoms with van der Waals surface area (Å²) in [5, 5.41) is 7.94. The smallest absolute Gasteiger partial charge is 0.238 e. The van der Waals surface area contributed by atoms with Gasteiger partial charge in [-0.05, 0) is 37.0 Å². The van der Waals surface area contributed by atoms with Crippen molar-refractivity contribution in [2.75, 3.05) is 5.32 Å². The van der Waals surface area contributed by atoms with Gasteiger partial charge in [-0.2, -0.15) is 0 Å². The molecule has 0 radical (unpaired) electrons. The first-order chi connectivity index (χ1) is 9.29. The first-order valence-electron chi connectivity index (χ1n) is 6.42. The van der Waals surface area contributed by atoms with E-state index in [2.05, 4.69) is 12.2 Å². The molecule has 1 aromatic rings. The molecule has 3 N–H and O–H groups in total. The molecule has 7 heteroatoms. The van der Waals surface area contributed by atoms with E-state index >= 15 is 0 Å². The van der Waals surface area contributed by atoms with Crippen molar-refractivity contribution in [3.8, 4) is 0 Å². The summed E-state index contributed by atoms with van der Waals surface area (Å²) in [4.78, 5) is 12.1. The van der Waals surface area contributed by atoms with E-state index in [1.54, 1.807) is 0 Å². The van der Waals surface area contributed by atoms with Gasteiger partial charge in [-0.25, -0.2) is 13.6 Å². The molecule has 1 amide bonds. The summed E-state index contributed by atoms with van der Waals surface area (Å²) in [7, 11) is -3.79. The number of carbonyl (C=O) groups excluding carboxylic acids is 1. The zero-order valence-corrected chi connectivity index (χ0v) is 12.7. The minimum atomic E-state index is -3.79. The molecule has 1 saturated carbocycles. The predicted octanol–water partition coefficient (Wildman–Crippen LogP) is 2.36. The SMILES string of the molecule is CC1CCCC1C(=O)Nc1ccc(S(N)(=O)=O)cc1Cl. The Kier molecular flexibility index (Phi) is 4.36. The molecule has 0 aromatic heterocycles. The van der Waals surface area contributed by atoms with Gasteiger partial charge in [0.2, 0.25) is 15.9 Å². The van der Waals surface area contributed by atoms with E-state index in [9.17, 15) is 13.2 Å². The highest BCUT2D eigenvalue weighted by atomic mass is 35.5. The van der Waals surface area contributed by atoms with Gasteiger partial charge in [0.05, 0.1) is 15.6 Å². The molecule has 20 heavy (non-hydrogen) atoms. The Bertz CT molecular complexity index is 631. The van der Waals surface area contributed by atoms with Crippen LogP contribution in [0.15, 0.2) is 23.1 Å². The lowest BCUT2D eigenvalue weighted by Crippen LogP contribution is -2.24. The third kappa shape index (κ3) is 3.31. The minimum Gasteiger partial charge on any atom is -0.325 e. The third-order valence-corrected chi connectivity index (χ3v) is 4.95. The van der Waals surface area contributed by atoms with Gasteiger partial charge in [0.25, 0.3) is 0 Å². The molecule has 1 aliphatic carbocycles. The van der Waals surface area contributed by atoms with E-state index in [0.717, 1.165) is 19.3 Å². The van der Waals surface area contributed by atoms with Gasteiger partial charge < -0.3 is 5.32 Å². The molecule has 0 aliphatic heterocycles. The van der Waals surface area contributed by atoms with Crippen molar-refractivity contribution < 1.29 is 13.2 Å². The molecule has 0 heterocycles. The van der Waals surface area contributed by atoms with Crippen molar-refractivity contribution in [1.29, 1.82) is 0 Å². The molecule has 0 spiro atoms. The number of sulfonamides is 1. The lowest BCUT2D eigenvalue weighted by Gasteiger charge is -2.16. The minimum absolute atomic E-state index is 0.0102. The van der Waals surface area contributed by atoms with Gasteiger partial charge >= 0.3 is 0 Å². The molecule has 0 bridgehead atoms. The van der Waals surface area contributed by atoms with Crippen molar-refractivity contribution in [2.24, 2.45) is 17.0 Å². The van der Waals surface area contributed by atoms with E-state index < -0.39 is 10.0 Å². The van der Waals surface area contributed by atoms with Crippen molar-refractivity contribution in [1.82, 2.24) is 0 Å². The average Bonchev–Trinajstić information content (AvgIpc) is 2.76. The van der Waals surface area contributed by atoms with Crippen LogP contribution >= 0.6 is 11.6 Å². The molecule has 2 rings (SSSR count). The average molecular weight is 317 g/mol. The number of anilines is 1. The van der Waals surface area contributed by atoms with Crippen LogP contribution in [0.2, 0.25) is 5.02 Å². The van der Waals surface area contributed by atoms with E-state index in [0.29, 0.717) is 11.6 Å². The number of carbonyl (C=O) groups is 1. The van der Waals surface area contributed by atoms with Gasteiger partial charge in [-0.15, -0.1) is 0 Å². The first kappa shape index (κ1) is 15.3. The number of nitrogens with one attached hydrogen (secondary N) is 1. The van der Waals surface area contributed by atoms with Crippen LogP contribution in [0.1, 0.15) is 26.2 Å². The Morgan fingerprint density at radius 2 is 2.10 bits per heavy atom. The number of amides is 1. The Morgan fingerprint density at radius 1 is 1.40 bits per heavy atom. The number of nitrogens with two attached hydrogens (primary N) is 1. The van der Waals surface area contributed by atoms with E-state index in [1.807, 2.05) is 0 Å². The lowest BCUT2D eigenvalue weighted by molar-refractivity contribution is -0.120. The zero-order valence-electron chi connectivity index (χ0n) is 11.1. The molecule has 0 saturated heterocycles. The normalized spacial score (nSPS) is 22.8. The first-order valence-corrected chi connectivity index (χ1v) is 8.34. The summed E-state index contributed by atoms with van der Waals surface area (Å²) < 4.78 is 22.4. The number of rotatable bonds is 3. The summed E-state index contributed by atoms with van der Waals surface area (Å²) in [5.41, 5.74) is 0.406. The molecular formula is C13H17ClN2O3S. The van der Waals surface area contributed by atoms with Gasteiger partial charge in [-0.1, -0.05) is 24.9 Å². The highest BCUT2D eigenvalue weighted by Crippen LogP contribution is 2.33. The summed E-state index contributed by atoms with van der Waals surface area (Å²) in [5.74, 6) is 0.279. The number of halogens is 1. The summed E-state index contributed by atoms with van der Waals surface area (Å²) in [6.07, 6.45) is 2.98. The van der Waals surface area contributed by atoms with Gasteiger partial charge in [0, 0.05) is 5.92 Å². The molecular weight excluding hydrogens is 300 g/mol. The molecule has 110 valence electrons. The Labute approximate surface area is 123 Å². The third-order valence-electron chi connectivity index (χ3n) is 3.73. The topological polar surface area (TPSA) is 89.3 Å². The monoisotopic (exact) mass is 316 g/mol. The lowest BCUT2D eigenvalue weighted by atomic mass is 9.97. The van der Waals surface area contributed by atoms with Crippen LogP contribution < -0.4 is 10.5 Å². The highest BCUT2D eigenvalue weighted by molar-refractivity contribution is 7.89. The van der Waals surface area contributed by atoms with Crippen LogP contribution in [-0.2, 0) is 14.8 Å². The molecule has 1 aromatic carbocycles. The summed E-state index contributed by atoms with van der Waals surface area (Å²) in [6.45, 7) is 2.06. The van der Waals surface area contributed by atoms with Crippen LogP contribution in [0, 0.1) is 11.8 Å². The number of hydrogen-bond donors (Lipinski definition) is 2. The summed E-state index contributed by atoms with van der Waals surface area (Å²) in [6, 6.07) is 4.03. The van der Waals surface area contributed by atoms with Gasteiger partial charge in [0.1, 0.15) is 0 Å². The maximum Gasteiger partial charge on any atom is 0.238 e. The quantitative estimate of drug-likeness (QED) is 0.897. The van der Waals surface area contributed by atoms with Crippen molar-refractivity contribution >= 4 is 33.2 Å². The number of hydrogen-bond acceptors (Lipinski definition) is 3. The Hall–Kier alpha value is -1.11. The zero-order chi connectivity index (χ0) is 14.9. The fraction of sp³-hybridized carbons (Fsp3) is 0.462.